The summed E-state index contributed by atoms with van der Waals surface area (Å²) < 4.78 is 28.1. The Bertz CT molecular complexity index is 1110. The molecule has 0 radical (unpaired) electrons. The van der Waals surface area contributed by atoms with Gasteiger partial charge in [0.05, 0.1) is 6.10 Å². The number of ether oxygens (including phenoxy) is 2. The Morgan fingerprint density at radius 1 is 1.02 bits per heavy atom. The highest BCUT2D eigenvalue weighted by molar-refractivity contribution is 7.97. The van der Waals surface area contributed by atoms with Crippen LogP contribution in [-0.2, 0) is 20.7 Å². The highest BCUT2D eigenvalue weighted by atomic mass is 32.2. The molecule has 224 valence electrons. The number of halogens is 1. The van der Waals surface area contributed by atoms with Gasteiger partial charge in [-0.1, -0.05) is 24.6 Å². The molecule has 2 aromatic carbocycles. The minimum absolute atomic E-state index is 0.0485. The average Bonchev–Trinajstić information content (AvgIpc) is 3.47. The van der Waals surface area contributed by atoms with E-state index in [9.17, 15) is 14.0 Å². The number of nitrogens with one attached hydrogen (secondary N) is 3. The Morgan fingerprint density at radius 2 is 1.78 bits per heavy atom. The molecular formula is C32H44FN3O4S. The molecule has 2 aliphatic rings. The summed E-state index contributed by atoms with van der Waals surface area (Å²) in [5.74, 6) is 0.309. The van der Waals surface area contributed by atoms with Crippen LogP contribution in [0.15, 0.2) is 53.4 Å². The first-order valence-corrected chi connectivity index (χ1v) is 15.8. The zero-order chi connectivity index (χ0) is 28.9. The molecule has 1 saturated heterocycles. The van der Waals surface area contributed by atoms with Gasteiger partial charge in [0.15, 0.2) is 0 Å². The number of hydrogen-bond acceptors (Lipinski definition) is 6. The summed E-state index contributed by atoms with van der Waals surface area (Å²) >= 11 is 1.40. The first-order chi connectivity index (χ1) is 19.9. The minimum Gasteiger partial charge on any atom is -0.490 e. The predicted molar refractivity (Wildman–Crippen MR) is 160 cm³/mol. The topological polar surface area (TPSA) is 88.7 Å². The maximum absolute atomic E-state index is 13.5. The zero-order valence-corrected chi connectivity index (χ0v) is 24.9. The van der Waals surface area contributed by atoms with Crippen LogP contribution in [-0.4, -0.2) is 49.3 Å². The van der Waals surface area contributed by atoms with Crippen molar-refractivity contribution < 1.29 is 23.5 Å². The normalized spacial score (nSPS) is 17.6. The van der Waals surface area contributed by atoms with E-state index < -0.39 is 5.54 Å². The Kier molecular flexibility index (Phi) is 12.3. The predicted octanol–water partition coefficient (Wildman–Crippen LogP) is 5.72. The summed E-state index contributed by atoms with van der Waals surface area (Å²) in [6, 6.07) is 14.4. The Hall–Kier alpha value is -2.62. The molecule has 41 heavy (non-hydrogen) atoms. The molecule has 0 bridgehead atoms. The van der Waals surface area contributed by atoms with Gasteiger partial charge in [0, 0.05) is 43.5 Å². The second-order valence-corrected chi connectivity index (χ2v) is 12.3. The minimum atomic E-state index is -1.08. The van der Waals surface area contributed by atoms with E-state index in [-0.39, 0.29) is 23.7 Å². The monoisotopic (exact) mass is 585 g/mol. The van der Waals surface area contributed by atoms with Crippen LogP contribution in [0.5, 0.6) is 5.75 Å². The molecule has 1 saturated carbocycles. The molecule has 1 unspecified atom stereocenters. The molecule has 3 N–H and O–H groups in total. The standard InChI is InChI=1S/C32H44FN3O4S/c1-32(31(38)35-26-17-20-39-21-18-26,23-24-13-15-28(16-14-24)40-27-9-4-5-10-27)36-30(37)12-3-2-6-19-34-41-29-11-7-8-25(33)22-29/h7-8,11,13-16,22,26-27,34H,2-6,9-10,12,17-21,23H2,1H3,(H,35,38)(H,36,37). The van der Waals surface area contributed by atoms with Gasteiger partial charge in [-0.15, -0.1) is 0 Å². The van der Waals surface area contributed by atoms with E-state index in [1.807, 2.05) is 37.3 Å². The van der Waals surface area contributed by atoms with Gasteiger partial charge in [-0.05, 0) is 106 Å². The maximum Gasteiger partial charge on any atom is 0.246 e. The molecule has 2 fully saturated rings. The van der Waals surface area contributed by atoms with E-state index in [2.05, 4.69) is 15.4 Å². The third kappa shape index (κ3) is 10.6. The fourth-order valence-corrected chi connectivity index (χ4v) is 6.09. The molecule has 2 aromatic rings. The molecule has 4 rings (SSSR count). The largest absolute Gasteiger partial charge is 0.490 e. The Labute approximate surface area is 247 Å². The smallest absolute Gasteiger partial charge is 0.246 e. The molecule has 0 spiro atoms. The molecule has 2 amide bonds. The van der Waals surface area contributed by atoms with Crippen molar-refractivity contribution in [2.75, 3.05) is 19.8 Å². The van der Waals surface area contributed by atoms with Crippen LogP contribution in [0.2, 0.25) is 0 Å². The molecule has 1 heterocycles. The van der Waals surface area contributed by atoms with Gasteiger partial charge in [0.25, 0.3) is 0 Å². The highest BCUT2D eigenvalue weighted by Crippen LogP contribution is 2.25. The molecule has 1 aliphatic heterocycles. The number of hydrogen-bond donors (Lipinski definition) is 3. The summed E-state index contributed by atoms with van der Waals surface area (Å²) in [6.45, 7) is 3.84. The van der Waals surface area contributed by atoms with Gasteiger partial charge in [-0.3, -0.25) is 14.3 Å². The van der Waals surface area contributed by atoms with Gasteiger partial charge in [-0.2, -0.15) is 0 Å². The van der Waals surface area contributed by atoms with Crippen LogP contribution in [0, 0.1) is 5.82 Å². The Balaban J connectivity index is 1.26. The Morgan fingerprint density at radius 3 is 2.51 bits per heavy atom. The van der Waals surface area contributed by atoms with Crippen molar-refractivity contribution in [1.82, 2.24) is 15.4 Å². The van der Waals surface area contributed by atoms with Crippen LogP contribution in [0.1, 0.15) is 76.7 Å². The fraction of sp³-hybridized carbons (Fsp3) is 0.562. The first-order valence-electron chi connectivity index (χ1n) is 15.0. The maximum atomic E-state index is 13.5. The lowest BCUT2D eigenvalue weighted by atomic mass is 9.90. The van der Waals surface area contributed by atoms with Gasteiger partial charge in [-0.25, -0.2) is 4.39 Å². The van der Waals surface area contributed by atoms with Gasteiger partial charge >= 0.3 is 0 Å². The summed E-state index contributed by atoms with van der Waals surface area (Å²) in [7, 11) is 0. The molecule has 0 aromatic heterocycles. The van der Waals surface area contributed by atoms with E-state index in [4.69, 9.17) is 9.47 Å². The fourth-order valence-electron chi connectivity index (χ4n) is 5.36. The molecule has 1 atom stereocenters. The quantitative estimate of drug-likeness (QED) is 0.183. The summed E-state index contributed by atoms with van der Waals surface area (Å²) in [5, 5.41) is 6.22. The lowest BCUT2D eigenvalue weighted by molar-refractivity contribution is -0.134. The van der Waals surface area contributed by atoms with E-state index in [1.54, 1.807) is 6.07 Å². The molecule has 7 nitrogen and oxygen atoms in total. The van der Waals surface area contributed by atoms with E-state index >= 15 is 0 Å². The number of carbonyl (C=O) groups is 2. The first kappa shape index (κ1) is 31.3. The van der Waals surface area contributed by atoms with Crippen molar-refractivity contribution in [1.29, 1.82) is 0 Å². The van der Waals surface area contributed by atoms with Gasteiger partial charge in [0.2, 0.25) is 11.8 Å². The average molecular weight is 586 g/mol. The van der Waals surface area contributed by atoms with Crippen molar-refractivity contribution in [3.63, 3.8) is 0 Å². The molecule has 9 heteroatoms. The van der Waals surface area contributed by atoms with Crippen LogP contribution < -0.4 is 20.1 Å². The third-order valence-electron chi connectivity index (χ3n) is 7.73. The highest BCUT2D eigenvalue weighted by Gasteiger charge is 2.36. The van der Waals surface area contributed by atoms with E-state index in [0.29, 0.717) is 32.2 Å². The summed E-state index contributed by atoms with van der Waals surface area (Å²) in [6.07, 6.45) is 9.70. The van der Waals surface area contributed by atoms with E-state index in [1.165, 1.54) is 36.9 Å². The van der Waals surface area contributed by atoms with Crippen LogP contribution in [0.4, 0.5) is 4.39 Å². The lowest BCUT2D eigenvalue weighted by Gasteiger charge is -2.33. The zero-order valence-electron chi connectivity index (χ0n) is 24.1. The number of unbranched alkanes of at least 4 members (excludes halogenated alkanes) is 2. The van der Waals surface area contributed by atoms with Crippen LogP contribution in [0.3, 0.4) is 0 Å². The SMILES string of the molecule is CC(Cc1ccc(OC2CCCC2)cc1)(NC(=O)CCCCCNSc1cccc(F)c1)C(=O)NC1CCOCC1. The summed E-state index contributed by atoms with van der Waals surface area (Å²) in [5.41, 5.74) is -0.109. The lowest BCUT2D eigenvalue weighted by Crippen LogP contribution is -2.60. The second-order valence-electron chi connectivity index (χ2n) is 11.3. The van der Waals surface area contributed by atoms with Crippen LogP contribution >= 0.6 is 11.9 Å². The number of rotatable bonds is 15. The van der Waals surface area contributed by atoms with Crippen molar-refractivity contribution in [2.45, 2.75) is 100 Å². The van der Waals surface area contributed by atoms with Crippen molar-refractivity contribution in [2.24, 2.45) is 0 Å². The van der Waals surface area contributed by atoms with Crippen molar-refractivity contribution in [3.05, 3.63) is 59.9 Å². The summed E-state index contributed by atoms with van der Waals surface area (Å²) in [4.78, 5) is 27.4. The molecular weight excluding hydrogens is 541 g/mol. The molecule has 1 aliphatic carbocycles. The third-order valence-corrected chi connectivity index (χ3v) is 8.57. The number of amides is 2. The second kappa shape index (κ2) is 16.1. The van der Waals surface area contributed by atoms with Gasteiger partial charge < -0.3 is 20.1 Å². The van der Waals surface area contributed by atoms with Crippen LogP contribution in [0.25, 0.3) is 0 Å². The van der Waals surface area contributed by atoms with Crippen molar-refractivity contribution in [3.8, 4) is 5.75 Å². The van der Waals surface area contributed by atoms with E-state index in [0.717, 1.165) is 67.7 Å². The van der Waals surface area contributed by atoms with Gasteiger partial charge in [0.1, 0.15) is 17.1 Å². The number of benzene rings is 2. The number of carbonyl (C=O) groups excluding carboxylic acids is 2. The van der Waals surface area contributed by atoms with Crippen molar-refractivity contribution >= 4 is 23.8 Å².